The van der Waals surface area contributed by atoms with Crippen LogP contribution < -0.4 is 5.32 Å². The number of aromatic nitrogens is 1. The lowest BCUT2D eigenvalue weighted by Crippen LogP contribution is -2.28. The molecule has 1 aromatic heterocycles. The largest absolute Gasteiger partial charge is 0.349 e. The Morgan fingerprint density at radius 3 is 2.54 bits per heavy atom. The first-order chi connectivity index (χ1) is 11.4. The molecule has 0 radical (unpaired) electrons. The number of benzene rings is 1. The molecule has 5 heteroatoms. The average molecular weight is 339 g/mol. The van der Waals surface area contributed by atoms with Crippen LogP contribution in [-0.2, 0) is 4.79 Å². The summed E-state index contributed by atoms with van der Waals surface area (Å²) in [5, 5.41) is 13.0. The second-order valence-corrected chi connectivity index (χ2v) is 6.69. The van der Waals surface area contributed by atoms with Gasteiger partial charge < -0.3 is 5.32 Å². The van der Waals surface area contributed by atoms with E-state index in [4.69, 9.17) is 0 Å². The van der Waals surface area contributed by atoms with Gasteiger partial charge in [-0.15, -0.1) is 0 Å². The van der Waals surface area contributed by atoms with E-state index in [-0.39, 0.29) is 17.7 Å². The highest BCUT2D eigenvalue weighted by molar-refractivity contribution is 8.00. The maximum atomic E-state index is 12.2. The van der Waals surface area contributed by atoms with Gasteiger partial charge in [-0.3, -0.25) is 4.79 Å². The third-order valence-electron chi connectivity index (χ3n) is 4.09. The van der Waals surface area contributed by atoms with Gasteiger partial charge in [-0.1, -0.05) is 42.1 Å². The summed E-state index contributed by atoms with van der Waals surface area (Å²) in [6.07, 6.45) is 0. The van der Waals surface area contributed by atoms with E-state index in [1.165, 1.54) is 11.8 Å². The number of hydrogen-bond donors (Lipinski definition) is 1. The highest BCUT2D eigenvalue weighted by Gasteiger charge is 2.15. The molecule has 0 saturated carbocycles. The lowest BCUT2D eigenvalue weighted by Gasteiger charge is -2.15. The molecule has 24 heavy (non-hydrogen) atoms. The van der Waals surface area contributed by atoms with Crippen molar-refractivity contribution in [3.63, 3.8) is 0 Å². The predicted molar refractivity (Wildman–Crippen MR) is 96.9 cm³/mol. The number of amides is 1. The SMILES string of the molecule is Cc1nc(SCC(=O)N[C@H](C)c2ccccc2)c(C#N)c(C)c1C. The van der Waals surface area contributed by atoms with Gasteiger partial charge in [0.2, 0.25) is 5.91 Å². The topological polar surface area (TPSA) is 65.8 Å². The third kappa shape index (κ3) is 4.15. The van der Waals surface area contributed by atoms with Crippen LogP contribution in [0.5, 0.6) is 0 Å². The van der Waals surface area contributed by atoms with Crippen molar-refractivity contribution in [1.82, 2.24) is 10.3 Å². The van der Waals surface area contributed by atoms with Crippen LogP contribution in [0.1, 0.15) is 40.9 Å². The number of nitriles is 1. The van der Waals surface area contributed by atoms with Gasteiger partial charge in [0.25, 0.3) is 0 Å². The van der Waals surface area contributed by atoms with Gasteiger partial charge in [0.15, 0.2) is 0 Å². The molecular formula is C19H21N3OS. The van der Waals surface area contributed by atoms with E-state index in [2.05, 4.69) is 16.4 Å². The zero-order chi connectivity index (χ0) is 17.7. The molecule has 1 N–H and O–H groups in total. The second-order valence-electron chi connectivity index (χ2n) is 5.73. The first-order valence-corrected chi connectivity index (χ1v) is 8.77. The highest BCUT2D eigenvalue weighted by Crippen LogP contribution is 2.26. The van der Waals surface area contributed by atoms with Crippen LogP contribution in [0.15, 0.2) is 35.4 Å². The Bertz CT molecular complexity index is 781. The van der Waals surface area contributed by atoms with Crippen molar-refractivity contribution >= 4 is 17.7 Å². The summed E-state index contributed by atoms with van der Waals surface area (Å²) < 4.78 is 0. The standard InChI is InChI=1S/C19H21N3OS/c1-12-13(2)17(10-20)19(22-14(12)3)24-11-18(23)21-15(4)16-8-6-5-7-9-16/h5-9,15H,11H2,1-4H3,(H,21,23)/t15-/m1/s1. The molecule has 0 aliphatic rings. The molecule has 0 spiro atoms. The van der Waals surface area contributed by atoms with Crippen molar-refractivity contribution in [1.29, 1.82) is 5.26 Å². The van der Waals surface area contributed by atoms with E-state index in [9.17, 15) is 10.1 Å². The molecule has 1 heterocycles. The number of aryl methyl sites for hydroxylation is 1. The number of thioether (sulfide) groups is 1. The molecule has 0 bridgehead atoms. The van der Waals surface area contributed by atoms with Crippen LogP contribution >= 0.6 is 11.8 Å². The van der Waals surface area contributed by atoms with Crippen molar-refractivity contribution in [3.8, 4) is 6.07 Å². The molecule has 0 saturated heterocycles. The molecule has 0 aliphatic heterocycles. The average Bonchev–Trinajstić information content (AvgIpc) is 2.58. The van der Waals surface area contributed by atoms with Crippen LogP contribution in [0.4, 0.5) is 0 Å². The summed E-state index contributed by atoms with van der Waals surface area (Å²) in [5.74, 6) is 0.166. The summed E-state index contributed by atoms with van der Waals surface area (Å²) in [5.41, 5.74) is 4.48. The Kier molecular flexibility index (Phi) is 5.99. The maximum absolute atomic E-state index is 12.2. The minimum Gasteiger partial charge on any atom is -0.349 e. The van der Waals surface area contributed by atoms with Gasteiger partial charge in [0, 0.05) is 5.69 Å². The van der Waals surface area contributed by atoms with Crippen molar-refractivity contribution < 1.29 is 4.79 Å². The quantitative estimate of drug-likeness (QED) is 0.840. The molecule has 2 rings (SSSR count). The second kappa shape index (κ2) is 7.98. The molecule has 1 amide bonds. The summed E-state index contributed by atoms with van der Waals surface area (Å²) in [4.78, 5) is 16.7. The lowest BCUT2D eigenvalue weighted by atomic mass is 10.1. The summed E-state index contributed by atoms with van der Waals surface area (Å²) in [6, 6.07) is 12.0. The molecular weight excluding hydrogens is 318 g/mol. The maximum Gasteiger partial charge on any atom is 0.230 e. The number of hydrogen-bond acceptors (Lipinski definition) is 4. The lowest BCUT2D eigenvalue weighted by molar-refractivity contribution is -0.119. The Morgan fingerprint density at radius 1 is 1.25 bits per heavy atom. The minimum atomic E-state index is -0.0714. The van der Waals surface area contributed by atoms with Crippen molar-refractivity contribution in [2.45, 2.75) is 38.8 Å². The fourth-order valence-electron chi connectivity index (χ4n) is 2.39. The summed E-state index contributed by atoms with van der Waals surface area (Å²) in [6.45, 7) is 7.76. The predicted octanol–water partition coefficient (Wildman–Crippen LogP) is 3.85. The third-order valence-corrected chi connectivity index (χ3v) is 5.07. The first kappa shape index (κ1) is 18.0. The van der Waals surface area contributed by atoms with Crippen molar-refractivity contribution in [2.75, 3.05) is 5.75 Å². The number of carbonyl (C=O) groups is 1. The summed E-state index contributed by atoms with van der Waals surface area (Å²) in [7, 11) is 0. The van der Waals surface area contributed by atoms with Crippen LogP contribution in [0.3, 0.4) is 0 Å². The van der Waals surface area contributed by atoms with Crippen LogP contribution in [0, 0.1) is 32.1 Å². The van der Waals surface area contributed by atoms with Crippen LogP contribution in [0.2, 0.25) is 0 Å². The Morgan fingerprint density at radius 2 is 1.92 bits per heavy atom. The van der Waals surface area contributed by atoms with E-state index < -0.39 is 0 Å². The molecule has 2 aromatic rings. The summed E-state index contributed by atoms with van der Waals surface area (Å²) >= 11 is 1.31. The van der Waals surface area contributed by atoms with Crippen LogP contribution in [-0.4, -0.2) is 16.6 Å². The molecule has 1 atom stereocenters. The monoisotopic (exact) mass is 339 g/mol. The Hall–Kier alpha value is -2.32. The Labute approximate surface area is 147 Å². The zero-order valence-corrected chi connectivity index (χ0v) is 15.2. The Balaban J connectivity index is 2.04. The fourth-order valence-corrected chi connectivity index (χ4v) is 3.29. The van der Waals surface area contributed by atoms with Gasteiger partial charge in [-0.25, -0.2) is 4.98 Å². The fraction of sp³-hybridized carbons (Fsp3) is 0.316. The molecule has 124 valence electrons. The van der Waals surface area contributed by atoms with Crippen molar-refractivity contribution in [3.05, 3.63) is 58.3 Å². The number of rotatable bonds is 5. The smallest absolute Gasteiger partial charge is 0.230 e. The van der Waals surface area contributed by atoms with E-state index in [1.807, 2.05) is 58.0 Å². The van der Waals surface area contributed by atoms with E-state index in [0.717, 1.165) is 22.4 Å². The van der Waals surface area contributed by atoms with Gasteiger partial charge in [0.1, 0.15) is 11.1 Å². The highest BCUT2D eigenvalue weighted by atomic mass is 32.2. The van der Waals surface area contributed by atoms with E-state index >= 15 is 0 Å². The number of pyridine rings is 1. The van der Waals surface area contributed by atoms with Crippen LogP contribution in [0.25, 0.3) is 0 Å². The van der Waals surface area contributed by atoms with Gasteiger partial charge >= 0.3 is 0 Å². The molecule has 4 nitrogen and oxygen atoms in total. The first-order valence-electron chi connectivity index (χ1n) is 7.79. The van der Waals surface area contributed by atoms with Gasteiger partial charge in [-0.05, 0) is 44.4 Å². The normalized spacial score (nSPS) is 11.6. The van der Waals surface area contributed by atoms with E-state index in [0.29, 0.717) is 10.6 Å². The number of nitrogens with zero attached hydrogens (tertiary/aromatic N) is 2. The van der Waals surface area contributed by atoms with Gasteiger partial charge in [0.05, 0.1) is 17.4 Å². The van der Waals surface area contributed by atoms with Gasteiger partial charge in [-0.2, -0.15) is 5.26 Å². The molecule has 1 aromatic carbocycles. The minimum absolute atomic E-state index is 0.0517. The molecule has 0 aliphatic carbocycles. The number of nitrogens with one attached hydrogen (secondary N) is 1. The number of carbonyl (C=O) groups excluding carboxylic acids is 1. The zero-order valence-electron chi connectivity index (χ0n) is 14.4. The molecule has 0 fully saturated rings. The van der Waals surface area contributed by atoms with Crippen molar-refractivity contribution in [2.24, 2.45) is 0 Å². The van der Waals surface area contributed by atoms with E-state index in [1.54, 1.807) is 0 Å². The molecule has 0 unspecified atom stereocenters.